The highest BCUT2D eigenvalue weighted by Gasteiger charge is 2.33. The zero-order chi connectivity index (χ0) is 35.3. The molecule has 0 spiro atoms. The molecule has 5 aromatic carbocycles. The molecule has 8 rings (SSSR count). The topological polar surface area (TPSA) is 120 Å². The van der Waals surface area contributed by atoms with Gasteiger partial charge in [-0.25, -0.2) is 9.97 Å². The van der Waals surface area contributed by atoms with E-state index < -0.39 is 6.29 Å². The second kappa shape index (κ2) is 15.3. The van der Waals surface area contributed by atoms with Gasteiger partial charge in [0.25, 0.3) is 11.1 Å². The molecule has 9 nitrogen and oxygen atoms in total. The summed E-state index contributed by atoms with van der Waals surface area (Å²) in [7, 11) is 0. The van der Waals surface area contributed by atoms with Crippen LogP contribution < -0.4 is 5.32 Å². The number of nitrogens with zero attached hydrogens (tertiary/aromatic N) is 3. The van der Waals surface area contributed by atoms with Crippen LogP contribution in [0.1, 0.15) is 46.0 Å². The summed E-state index contributed by atoms with van der Waals surface area (Å²) >= 11 is 1.51. The molecule has 0 unspecified atom stereocenters. The van der Waals surface area contributed by atoms with Crippen molar-refractivity contribution in [1.82, 2.24) is 15.0 Å². The fourth-order valence-electron chi connectivity index (χ4n) is 6.11. The number of hydrogen-bond acceptors (Lipinski definition) is 9. The summed E-state index contributed by atoms with van der Waals surface area (Å²) in [5, 5.41) is 13.1. The van der Waals surface area contributed by atoms with Crippen molar-refractivity contribution in [2.24, 2.45) is 0 Å². The number of aliphatic hydroxyl groups is 1. The first-order chi connectivity index (χ1) is 25.6. The number of para-hydroxylation sites is 2. The third-order valence-electron chi connectivity index (χ3n) is 8.82. The Bertz CT molecular complexity index is 2230. The third-order valence-corrected chi connectivity index (χ3v) is 9.78. The number of carbonyl (C=O) groups excluding carboxylic acids is 1. The van der Waals surface area contributed by atoms with Crippen LogP contribution in [0.3, 0.4) is 0 Å². The molecule has 7 aromatic rings. The Balaban J connectivity index is 1.01. The lowest BCUT2D eigenvalue weighted by Crippen LogP contribution is -2.31. The van der Waals surface area contributed by atoms with Gasteiger partial charge in [-0.3, -0.25) is 9.78 Å². The van der Waals surface area contributed by atoms with Gasteiger partial charge in [0.2, 0.25) is 0 Å². The van der Waals surface area contributed by atoms with Crippen LogP contribution in [0.2, 0.25) is 0 Å². The van der Waals surface area contributed by atoms with E-state index in [1.807, 2.05) is 133 Å². The Morgan fingerprint density at radius 3 is 2.15 bits per heavy atom. The maximum Gasteiger partial charge on any atom is 0.275 e. The molecule has 2 N–H and O–H groups in total. The number of thioether (sulfide) groups is 1. The molecule has 0 bridgehead atoms. The van der Waals surface area contributed by atoms with E-state index in [1.165, 1.54) is 18.0 Å². The summed E-state index contributed by atoms with van der Waals surface area (Å²) in [6.45, 7) is -0.0286. The molecule has 0 radical (unpaired) electrons. The van der Waals surface area contributed by atoms with Gasteiger partial charge in [0.15, 0.2) is 12.1 Å². The molecule has 3 atom stereocenters. The van der Waals surface area contributed by atoms with Crippen LogP contribution >= 0.6 is 11.8 Å². The average Bonchev–Trinajstić information content (AvgIpc) is 3.65. The highest BCUT2D eigenvalue weighted by molar-refractivity contribution is 7.99. The number of oxazole rings is 1. The van der Waals surface area contributed by atoms with Crippen LogP contribution in [-0.4, -0.2) is 37.8 Å². The zero-order valence-corrected chi connectivity index (χ0v) is 28.8. The highest BCUT2D eigenvalue weighted by atomic mass is 32.2. The molecule has 52 heavy (non-hydrogen) atoms. The van der Waals surface area contributed by atoms with E-state index >= 15 is 0 Å². The van der Waals surface area contributed by atoms with Gasteiger partial charge in [0.05, 0.1) is 36.0 Å². The fourth-order valence-corrected chi connectivity index (χ4v) is 6.95. The molecular formula is C42H34N4O5S. The predicted molar refractivity (Wildman–Crippen MR) is 200 cm³/mol. The molecule has 1 aliphatic heterocycles. The van der Waals surface area contributed by atoms with Crippen molar-refractivity contribution in [3.63, 3.8) is 0 Å². The molecule has 1 aliphatic rings. The van der Waals surface area contributed by atoms with E-state index in [4.69, 9.17) is 18.9 Å². The number of carbonyl (C=O) groups is 1. The maximum absolute atomic E-state index is 13.0. The largest absolute Gasteiger partial charge is 0.431 e. The molecule has 1 fully saturated rings. The third kappa shape index (κ3) is 7.51. The van der Waals surface area contributed by atoms with Gasteiger partial charge in [-0.05, 0) is 35.4 Å². The van der Waals surface area contributed by atoms with E-state index in [0.29, 0.717) is 28.6 Å². The van der Waals surface area contributed by atoms with Gasteiger partial charge in [-0.1, -0.05) is 121 Å². The quantitative estimate of drug-likeness (QED) is 0.134. The smallest absolute Gasteiger partial charge is 0.275 e. The van der Waals surface area contributed by atoms with Crippen molar-refractivity contribution >= 4 is 34.4 Å². The SMILES string of the molecule is O=C(Nc1ccc([C@@H]2O[C@H](CSc3nc(-c4ccccc4)c(-c4ccccc4)o3)C[C@H](c3ccc(CO)cc3)O2)cc1)c1cnc2ccccc2n1. The van der Waals surface area contributed by atoms with E-state index in [-0.39, 0.29) is 30.4 Å². The number of nitrogens with one attached hydrogen (secondary N) is 1. The maximum atomic E-state index is 13.0. The number of anilines is 1. The van der Waals surface area contributed by atoms with E-state index in [9.17, 15) is 9.90 Å². The number of rotatable bonds is 10. The second-order valence-electron chi connectivity index (χ2n) is 12.4. The van der Waals surface area contributed by atoms with Crippen LogP contribution in [0.4, 0.5) is 5.69 Å². The van der Waals surface area contributed by atoms with Gasteiger partial charge in [0.1, 0.15) is 11.4 Å². The lowest BCUT2D eigenvalue weighted by atomic mass is 10.0. The normalized spacial score (nSPS) is 17.2. The molecule has 258 valence electrons. The summed E-state index contributed by atoms with van der Waals surface area (Å²) in [5.41, 5.74) is 7.59. The van der Waals surface area contributed by atoms with Gasteiger partial charge in [-0.15, -0.1) is 0 Å². The molecule has 1 amide bonds. The van der Waals surface area contributed by atoms with Crippen molar-refractivity contribution in [2.75, 3.05) is 11.1 Å². The molecule has 0 saturated carbocycles. The second-order valence-corrected chi connectivity index (χ2v) is 13.3. The van der Waals surface area contributed by atoms with Crippen LogP contribution in [-0.2, 0) is 16.1 Å². The van der Waals surface area contributed by atoms with Gasteiger partial charge in [-0.2, -0.15) is 0 Å². The summed E-state index contributed by atoms with van der Waals surface area (Å²) in [5.74, 6) is 0.952. The first-order valence-electron chi connectivity index (χ1n) is 17.0. The standard InChI is InChI=1S/C42H34N4O5S/c47-25-27-15-17-28(18-16-27)37-23-33(26-52-42-46-38(29-9-3-1-4-10-29)39(51-42)30-11-5-2-6-12-30)49-41(50-37)31-19-21-32(22-20-31)44-40(48)36-24-43-34-13-7-8-14-35(34)45-36/h1-22,24,33,37,41,47H,23,25-26H2,(H,44,48)/t33-,37+,41+/m0/s1. The Hall–Kier alpha value is -5.65. The minimum Gasteiger partial charge on any atom is -0.431 e. The molecule has 2 aromatic heterocycles. The first-order valence-corrected chi connectivity index (χ1v) is 18.0. The zero-order valence-electron chi connectivity index (χ0n) is 28.0. The summed E-state index contributed by atoms with van der Waals surface area (Å²) in [4.78, 5) is 26.7. The van der Waals surface area contributed by atoms with Crippen molar-refractivity contribution in [3.8, 4) is 22.6 Å². The Morgan fingerprint density at radius 2 is 1.42 bits per heavy atom. The molecule has 3 heterocycles. The first kappa shape index (κ1) is 33.5. The van der Waals surface area contributed by atoms with Gasteiger partial charge < -0.3 is 24.3 Å². The van der Waals surface area contributed by atoms with Crippen LogP contribution in [0.5, 0.6) is 0 Å². The van der Waals surface area contributed by atoms with Gasteiger partial charge >= 0.3 is 0 Å². The Kier molecular flexibility index (Phi) is 9.86. The van der Waals surface area contributed by atoms with Crippen LogP contribution in [0.25, 0.3) is 33.6 Å². The minimum absolute atomic E-state index is 0.0286. The van der Waals surface area contributed by atoms with Crippen molar-refractivity contribution in [1.29, 1.82) is 0 Å². The van der Waals surface area contributed by atoms with Crippen LogP contribution in [0.15, 0.2) is 149 Å². The number of amides is 1. The minimum atomic E-state index is -0.665. The Labute approximate surface area is 304 Å². The molecule has 0 aliphatic carbocycles. The lowest BCUT2D eigenvalue weighted by Gasteiger charge is -2.36. The van der Waals surface area contributed by atoms with Crippen LogP contribution in [0, 0.1) is 0 Å². The van der Waals surface area contributed by atoms with Crippen molar-refractivity contribution < 1.29 is 23.8 Å². The fraction of sp³-hybridized carbons (Fsp3) is 0.143. The molecule has 1 saturated heterocycles. The van der Waals surface area contributed by atoms with Crippen molar-refractivity contribution in [2.45, 2.75) is 36.7 Å². The monoisotopic (exact) mass is 706 g/mol. The summed E-state index contributed by atoms with van der Waals surface area (Å²) < 4.78 is 19.5. The average molecular weight is 707 g/mol. The summed E-state index contributed by atoms with van der Waals surface area (Å²) in [6, 6.07) is 42.7. The van der Waals surface area contributed by atoms with E-state index in [2.05, 4.69) is 15.3 Å². The summed E-state index contributed by atoms with van der Waals surface area (Å²) in [6.07, 6.45) is 0.962. The number of ether oxygens (including phenoxy) is 2. The molecule has 10 heteroatoms. The highest BCUT2D eigenvalue weighted by Crippen LogP contribution is 2.41. The Morgan fingerprint density at radius 1 is 0.750 bits per heavy atom. The van der Waals surface area contributed by atoms with Crippen molar-refractivity contribution in [3.05, 3.63) is 162 Å². The number of aliphatic hydroxyl groups excluding tert-OH is 1. The number of hydrogen-bond donors (Lipinski definition) is 2. The number of aromatic nitrogens is 3. The van der Waals surface area contributed by atoms with E-state index in [1.54, 1.807) is 0 Å². The molecular weight excluding hydrogens is 673 g/mol. The predicted octanol–water partition coefficient (Wildman–Crippen LogP) is 9.03. The number of benzene rings is 5. The van der Waals surface area contributed by atoms with Gasteiger partial charge in [0, 0.05) is 34.6 Å². The van der Waals surface area contributed by atoms with E-state index in [0.717, 1.165) is 44.8 Å². The number of fused-ring (bicyclic) bond motifs is 1. The lowest BCUT2D eigenvalue weighted by molar-refractivity contribution is -0.245.